The largest absolute Gasteiger partial charge is 0.379 e. The van der Waals surface area contributed by atoms with E-state index in [4.69, 9.17) is 4.74 Å². The van der Waals surface area contributed by atoms with Crippen molar-refractivity contribution in [1.29, 1.82) is 0 Å². The number of amides is 1. The van der Waals surface area contributed by atoms with Gasteiger partial charge in [0.15, 0.2) is 11.4 Å². The van der Waals surface area contributed by atoms with Crippen LogP contribution in [0.5, 0.6) is 0 Å². The van der Waals surface area contributed by atoms with E-state index in [2.05, 4.69) is 4.90 Å². The summed E-state index contributed by atoms with van der Waals surface area (Å²) in [6, 6.07) is 16.6. The van der Waals surface area contributed by atoms with Crippen molar-refractivity contribution in [3.05, 3.63) is 71.8 Å². The van der Waals surface area contributed by atoms with E-state index < -0.39 is 11.5 Å². The normalized spacial score (nSPS) is 22.2. The third-order valence-electron chi connectivity index (χ3n) is 5.38. The summed E-state index contributed by atoms with van der Waals surface area (Å²) in [7, 11) is 0. The third kappa shape index (κ3) is 4.00. The highest BCUT2D eigenvalue weighted by molar-refractivity contribution is 6.10. The Kier molecular flexibility index (Phi) is 5.58. The number of aliphatic hydroxyl groups is 1. The second-order valence-corrected chi connectivity index (χ2v) is 7.37. The summed E-state index contributed by atoms with van der Waals surface area (Å²) in [5.41, 5.74) is 0.187. The topological polar surface area (TPSA) is 70.1 Å². The molecule has 0 aliphatic carbocycles. The molecule has 0 saturated carbocycles. The first-order chi connectivity index (χ1) is 14.1. The Balaban J connectivity index is 1.54. The fourth-order valence-electron chi connectivity index (χ4n) is 3.82. The third-order valence-corrected chi connectivity index (χ3v) is 5.38. The predicted octanol–water partition coefficient (Wildman–Crippen LogP) is 2.18. The molecule has 2 aliphatic rings. The Hall–Kier alpha value is -2.80. The van der Waals surface area contributed by atoms with Crippen LogP contribution >= 0.6 is 0 Å². The number of fused-ring (bicyclic) bond motifs is 1. The lowest BCUT2D eigenvalue weighted by atomic mass is 9.90. The molecule has 0 unspecified atom stereocenters. The maximum Gasteiger partial charge on any atom is 0.265 e. The van der Waals surface area contributed by atoms with Crippen molar-refractivity contribution < 1.29 is 19.4 Å². The number of hydrogen-bond acceptors (Lipinski definition) is 5. The Morgan fingerprint density at radius 3 is 2.52 bits per heavy atom. The van der Waals surface area contributed by atoms with Crippen LogP contribution in [-0.2, 0) is 19.9 Å². The summed E-state index contributed by atoms with van der Waals surface area (Å²) >= 11 is 0. The number of hydrogen-bond donors (Lipinski definition) is 1. The van der Waals surface area contributed by atoms with Gasteiger partial charge in [0, 0.05) is 18.7 Å². The molecule has 6 nitrogen and oxygen atoms in total. The van der Waals surface area contributed by atoms with Crippen LogP contribution < -0.4 is 4.90 Å². The van der Waals surface area contributed by atoms with Gasteiger partial charge in [0.2, 0.25) is 0 Å². The highest BCUT2D eigenvalue weighted by atomic mass is 16.5. The first-order valence-corrected chi connectivity index (χ1v) is 9.78. The number of carbonyl (C=O) groups is 2. The number of ketones is 1. The van der Waals surface area contributed by atoms with Crippen LogP contribution in [0, 0.1) is 0 Å². The van der Waals surface area contributed by atoms with Crippen molar-refractivity contribution >= 4 is 23.5 Å². The minimum Gasteiger partial charge on any atom is -0.379 e. The number of ether oxygens (including phenoxy) is 1. The number of para-hydroxylation sites is 1. The molecule has 0 aromatic heterocycles. The van der Waals surface area contributed by atoms with Gasteiger partial charge in [-0.25, -0.2) is 0 Å². The molecule has 150 valence electrons. The number of carbonyl (C=O) groups excluding carboxylic acids is 2. The summed E-state index contributed by atoms with van der Waals surface area (Å²) in [5, 5.41) is 11.3. The van der Waals surface area contributed by atoms with Crippen LogP contribution in [-0.4, -0.2) is 54.7 Å². The van der Waals surface area contributed by atoms with Gasteiger partial charge in [0.05, 0.1) is 32.0 Å². The maximum absolute atomic E-state index is 13.2. The molecule has 2 heterocycles. The van der Waals surface area contributed by atoms with Crippen molar-refractivity contribution in [1.82, 2.24) is 4.90 Å². The molecule has 6 heteroatoms. The van der Waals surface area contributed by atoms with Crippen molar-refractivity contribution in [2.75, 3.05) is 37.9 Å². The molecule has 2 aromatic carbocycles. The van der Waals surface area contributed by atoms with Gasteiger partial charge in [-0.2, -0.15) is 0 Å². The molecular formula is C23H24N2O4. The molecule has 2 aromatic rings. The number of allylic oxidation sites excluding steroid dienone is 1. The van der Waals surface area contributed by atoms with E-state index in [1.54, 1.807) is 23.1 Å². The molecule has 29 heavy (non-hydrogen) atoms. The minimum absolute atomic E-state index is 0.286. The number of morpholine rings is 1. The lowest BCUT2D eigenvalue weighted by molar-refractivity contribution is -0.141. The van der Waals surface area contributed by atoms with Crippen LogP contribution in [0.15, 0.2) is 60.7 Å². The summed E-state index contributed by atoms with van der Waals surface area (Å²) in [4.78, 5) is 29.5. The van der Waals surface area contributed by atoms with Crippen molar-refractivity contribution in [3.8, 4) is 0 Å². The molecule has 0 spiro atoms. The zero-order chi connectivity index (χ0) is 20.3. The Morgan fingerprint density at radius 1 is 1.07 bits per heavy atom. The highest BCUT2D eigenvalue weighted by Crippen LogP contribution is 2.42. The van der Waals surface area contributed by atoms with E-state index in [0.717, 1.165) is 18.7 Å². The van der Waals surface area contributed by atoms with Gasteiger partial charge in [-0.1, -0.05) is 54.6 Å². The van der Waals surface area contributed by atoms with Gasteiger partial charge in [-0.05, 0) is 17.7 Å². The van der Waals surface area contributed by atoms with Crippen molar-refractivity contribution in [3.63, 3.8) is 0 Å². The van der Waals surface area contributed by atoms with Crippen LogP contribution in [0.4, 0.5) is 5.69 Å². The zero-order valence-electron chi connectivity index (χ0n) is 16.2. The maximum atomic E-state index is 13.2. The van der Waals surface area contributed by atoms with E-state index in [-0.39, 0.29) is 12.2 Å². The van der Waals surface area contributed by atoms with E-state index in [1.165, 1.54) is 6.08 Å². The van der Waals surface area contributed by atoms with Crippen molar-refractivity contribution in [2.45, 2.75) is 12.0 Å². The molecule has 1 atom stereocenters. The van der Waals surface area contributed by atoms with Gasteiger partial charge >= 0.3 is 0 Å². The average molecular weight is 392 g/mol. The molecule has 1 amide bonds. The lowest BCUT2D eigenvalue weighted by Gasteiger charge is -2.31. The van der Waals surface area contributed by atoms with Gasteiger partial charge in [0.25, 0.3) is 5.91 Å². The fraction of sp³-hybridized carbons (Fsp3) is 0.304. The zero-order valence-corrected chi connectivity index (χ0v) is 16.2. The monoisotopic (exact) mass is 392 g/mol. The molecular weight excluding hydrogens is 368 g/mol. The van der Waals surface area contributed by atoms with Gasteiger partial charge < -0.3 is 9.84 Å². The van der Waals surface area contributed by atoms with Gasteiger partial charge in [-0.15, -0.1) is 0 Å². The highest BCUT2D eigenvalue weighted by Gasteiger charge is 2.50. The second-order valence-electron chi connectivity index (χ2n) is 7.37. The van der Waals surface area contributed by atoms with Crippen molar-refractivity contribution in [2.24, 2.45) is 0 Å². The van der Waals surface area contributed by atoms with Crippen LogP contribution in [0.3, 0.4) is 0 Å². The average Bonchev–Trinajstić information content (AvgIpc) is 2.96. The molecule has 0 radical (unpaired) electrons. The standard InChI is InChI=1S/C23H24N2O4/c26-19(11-10-18-6-2-1-3-7-18)16-23(28)20-8-4-5-9-21(20)25(22(23)27)17-24-12-14-29-15-13-24/h1-11,28H,12-17H2/b11-10-/t23-/m1/s1. The summed E-state index contributed by atoms with van der Waals surface area (Å²) in [5.74, 6) is -0.751. The van der Waals surface area contributed by atoms with E-state index in [0.29, 0.717) is 31.1 Å². The van der Waals surface area contributed by atoms with Crippen LogP contribution in [0.2, 0.25) is 0 Å². The molecule has 2 aliphatic heterocycles. The predicted molar refractivity (Wildman–Crippen MR) is 110 cm³/mol. The Labute approximate surface area is 170 Å². The summed E-state index contributed by atoms with van der Waals surface area (Å²) in [6.07, 6.45) is 2.84. The molecule has 1 N–H and O–H groups in total. The van der Waals surface area contributed by atoms with E-state index in [9.17, 15) is 14.7 Å². The first kappa shape index (κ1) is 19.5. The van der Waals surface area contributed by atoms with E-state index in [1.807, 2.05) is 42.5 Å². The quantitative estimate of drug-likeness (QED) is 0.763. The van der Waals surface area contributed by atoms with Gasteiger partial charge in [-0.3, -0.25) is 19.4 Å². The second kappa shape index (κ2) is 8.29. The Bertz CT molecular complexity index is 921. The van der Waals surface area contributed by atoms with Gasteiger partial charge in [0.1, 0.15) is 0 Å². The fourth-order valence-corrected chi connectivity index (χ4v) is 3.82. The molecule has 1 saturated heterocycles. The molecule has 1 fully saturated rings. The smallest absolute Gasteiger partial charge is 0.265 e. The number of anilines is 1. The number of benzene rings is 2. The van der Waals surface area contributed by atoms with E-state index >= 15 is 0 Å². The SMILES string of the molecule is O=C(/C=C\c1ccccc1)C[C@]1(O)C(=O)N(CN2CCOCC2)c2ccccc21. The molecule has 4 rings (SSSR count). The number of rotatable bonds is 6. The number of nitrogens with zero attached hydrogens (tertiary/aromatic N) is 2. The molecule has 0 bridgehead atoms. The van der Waals surface area contributed by atoms with Crippen LogP contribution in [0.1, 0.15) is 17.5 Å². The summed E-state index contributed by atoms with van der Waals surface area (Å²) in [6.45, 7) is 3.06. The minimum atomic E-state index is -1.85. The lowest BCUT2D eigenvalue weighted by Crippen LogP contribution is -2.48. The summed E-state index contributed by atoms with van der Waals surface area (Å²) < 4.78 is 5.37. The van der Waals surface area contributed by atoms with Crippen LogP contribution in [0.25, 0.3) is 6.08 Å². The Morgan fingerprint density at radius 2 is 1.76 bits per heavy atom. The first-order valence-electron chi connectivity index (χ1n) is 9.78.